The molecule has 0 amide bonds. The van der Waals surface area contributed by atoms with Crippen LogP contribution < -0.4 is 9.47 Å². The zero-order valence-corrected chi connectivity index (χ0v) is 15.9. The molecule has 0 N–H and O–H groups in total. The highest BCUT2D eigenvalue weighted by molar-refractivity contribution is 5.61. The van der Waals surface area contributed by atoms with Crippen LogP contribution in [-0.4, -0.2) is 38.7 Å². The minimum atomic E-state index is 0.239. The molecule has 0 atom stereocenters. The number of rotatable bonds is 6. The fourth-order valence-corrected chi connectivity index (χ4v) is 3.29. The minimum Gasteiger partial charge on any atom is -0.454 e. The molecule has 0 bridgehead atoms. The Kier molecular flexibility index (Phi) is 4.45. The summed E-state index contributed by atoms with van der Waals surface area (Å²) in [5, 5.41) is 8.38. The highest BCUT2D eigenvalue weighted by Crippen LogP contribution is 2.35. The third kappa shape index (κ3) is 3.70. The molecule has 5 rings (SSSR count). The second-order valence-corrected chi connectivity index (χ2v) is 6.87. The Morgan fingerprint density at radius 1 is 1.03 bits per heavy atom. The third-order valence-corrected chi connectivity index (χ3v) is 4.64. The Hall–Kier alpha value is -3.65. The summed E-state index contributed by atoms with van der Waals surface area (Å²) < 4.78 is 18.0. The molecule has 0 aliphatic carbocycles. The molecular formula is C21H19N5O3. The highest BCUT2D eigenvalue weighted by atomic mass is 16.7. The predicted octanol–water partition coefficient (Wildman–Crippen LogP) is 3.28. The summed E-state index contributed by atoms with van der Waals surface area (Å²) in [7, 11) is 2.02. The van der Waals surface area contributed by atoms with E-state index >= 15 is 0 Å². The van der Waals surface area contributed by atoms with Gasteiger partial charge in [0.25, 0.3) is 0 Å². The van der Waals surface area contributed by atoms with Gasteiger partial charge in [-0.15, -0.1) is 0 Å². The SMILES string of the molecule is CN(Cc1cccc(-n2cccn2)c1)Cc1nc(-c2ccc3c(c2)OCO3)no1. The van der Waals surface area contributed by atoms with Gasteiger partial charge in [0.1, 0.15) is 0 Å². The van der Waals surface area contributed by atoms with Gasteiger partial charge in [-0.1, -0.05) is 17.3 Å². The van der Waals surface area contributed by atoms with Crippen LogP contribution in [0.2, 0.25) is 0 Å². The van der Waals surface area contributed by atoms with Crippen molar-refractivity contribution in [3.05, 3.63) is 72.4 Å². The zero-order valence-electron chi connectivity index (χ0n) is 15.9. The summed E-state index contributed by atoms with van der Waals surface area (Å²) >= 11 is 0. The number of ether oxygens (including phenoxy) is 2. The Balaban J connectivity index is 1.26. The molecule has 0 saturated carbocycles. The van der Waals surface area contributed by atoms with E-state index in [1.54, 1.807) is 6.20 Å². The summed E-state index contributed by atoms with van der Waals surface area (Å²) in [5.41, 5.74) is 3.04. The first-order valence-corrected chi connectivity index (χ1v) is 9.25. The molecule has 2 aromatic heterocycles. The van der Waals surface area contributed by atoms with Crippen molar-refractivity contribution < 1.29 is 14.0 Å². The van der Waals surface area contributed by atoms with Gasteiger partial charge in [-0.3, -0.25) is 4.90 Å². The van der Waals surface area contributed by atoms with Crippen molar-refractivity contribution in [3.8, 4) is 28.6 Å². The number of hydrogen-bond donors (Lipinski definition) is 0. The highest BCUT2D eigenvalue weighted by Gasteiger charge is 2.17. The van der Waals surface area contributed by atoms with Gasteiger partial charge >= 0.3 is 0 Å². The second kappa shape index (κ2) is 7.40. The van der Waals surface area contributed by atoms with Gasteiger partial charge in [-0.2, -0.15) is 10.1 Å². The number of hydrogen-bond acceptors (Lipinski definition) is 7. The first-order chi connectivity index (χ1) is 14.2. The van der Waals surface area contributed by atoms with Crippen molar-refractivity contribution in [2.75, 3.05) is 13.8 Å². The molecule has 8 heteroatoms. The van der Waals surface area contributed by atoms with Crippen LogP contribution in [0.25, 0.3) is 17.1 Å². The Morgan fingerprint density at radius 3 is 2.86 bits per heavy atom. The summed E-state index contributed by atoms with van der Waals surface area (Å²) in [6.45, 7) is 1.53. The van der Waals surface area contributed by atoms with E-state index in [2.05, 4.69) is 32.3 Å². The fourth-order valence-electron chi connectivity index (χ4n) is 3.29. The van der Waals surface area contributed by atoms with Crippen molar-refractivity contribution in [3.63, 3.8) is 0 Å². The maximum atomic E-state index is 5.44. The molecule has 29 heavy (non-hydrogen) atoms. The van der Waals surface area contributed by atoms with Crippen molar-refractivity contribution in [1.82, 2.24) is 24.8 Å². The monoisotopic (exact) mass is 389 g/mol. The van der Waals surface area contributed by atoms with Gasteiger partial charge in [-0.05, 0) is 49.0 Å². The largest absolute Gasteiger partial charge is 0.454 e. The second-order valence-electron chi connectivity index (χ2n) is 6.87. The maximum absolute atomic E-state index is 5.44. The molecule has 0 radical (unpaired) electrons. The van der Waals surface area contributed by atoms with E-state index in [0.29, 0.717) is 24.0 Å². The van der Waals surface area contributed by atoms with Crippen LogP contribution in [0.5, 0.6) is 11.5 Å². The van der Waals surface area contributed by atoms with E-state index in [4.69, 9.17) is 14.0 Å². The van der Waals surface area contributed by atoms with Crippen LogP contribution in [0.15, 0.2) is 65.4 Å². The average Bonchev–Trinajstić information content (AvgIpc) is 3.49. The fraction of sp³-hybridized carbons (Fsp3) is 0.190. The van der Waals surface area contributed by atoms with Gasteiger partial charge in [0.05, 0.1) is 12.2 Å². The summed E-state index contributed by atoms with van der Waals surface area (Å²) in [4.78, 5) is 6.64. The molecule has 146 valence electrons. The Bertz CT molecular complexity index is 1120. The van der Waals surface area contributed by atoms with Crippen molar-refractivity contribution in [1.29, 1.82) is 0 Å². The van der Waals surface area contributed by atoms with Crippen LogP contribution in [-0.2, 0) is 13.1 Å². The average molecular weight is 389 g/mol. The lowest BCUT2D eigenvalue weighted by atomic mass is 10.2. The minimum absolute atomic E-state index is 0.239. The lowest BCUT2D eigenvalue weighted by Crippen LogP contribution is -2.17. The van der Waals surface area contributed by atoms with Crippen LogP contribution >= 0.6 is 0 Å². The van der Waals surface area contributed by atoms with Gasteiger partial charge in [0.15, 0.2) is 11.5 Å². The molecule has 2 aromatic carbocycles. The molecule has 8 nitrogen and oxygen atoms in total. The quantitative estimate of drug-likeness (QED) is 0.501. The van der Waals surface area contributed by atoms with E-state index in [9.17, 15) is 0 Å². The third-order valence-electron chi connectivity index (χ3n) is 4.64. The number of nitrogens with zero attached hydrogens (tertiary/aromatic N) is 5. The molecule has 4 aromatic rings. The topological polar surface area (TPSA) is 78.4 Å². The molecule has 0 spiro atoms. The van der Waals surface area contributed by atoms with Crippen LogP contribution in [0, 0.1) is 0 Å². The van der Waals surface area contributed by atoms with E-state index in [0.717, 1.165) is 23.5 Å². The van der Waals surface area contributed by atoms with Crippen LogP contribution in [0.1, 0.15) is 11.5 Å². The van der Waals surface area contributed by atoms with E-state index in [1.165, 1.54) is 5.56 Å². The van der Waals surface area contributed by atoms with E-state index in [1.807, 2.05) is 54.3 Å². The maximum Gasteiger partial charge on any atom is 0.241 e. The summed E-state index contributed by atoms with van der Waals surface area (Å²) in [5.74, 6) is 2.52. The van der Waals surface area contributed by atoms with Crippen LogP contribution in [0.4, 0.5) is 0 Å². The number of aromatic nitrogens is 4. The van der Waals surface area contributed by atoms with Gasteiger partial charge < -0.3 is 14.0 Å². The lowest BCUT2D eigenvalue weighted by molar-refractivity contribution is 0.174. The van der Waals surface area contributed by atoms with Crippen molar-refractivity contribution in [2.24, 2.45) is 0 Å². The summed E-state index contributed by atoms with van der Waals surface area (Å²) in [6.07, 6.45) is 3.70. The molecule has 1 aliphatic heterocycles. The first-order valence-electron chi connectivity index (χ1n) is 9.25. The predicted molar refractivity (Wildman–Crippen MR) is 105 cm³/mol. The molecule has 0 fully saturated rings. The summed E-state index contributed by atoms with van der Waals surface area (Å²) in [6, 6.07) is 15.8. The van der Waals surface area contributed by atoms with Crippen LogP contribution in [0.3, 0.4) is 0 Å². The molecule has 0 unspecified atom stereocenters. The normalized spacial score (nSPS) is 12.6. The lowest BCUT2D eigenvalue weighted by Gasteiger charge is -2.14. The first kappa shape index (κ1) is 17.4. The molecule has 1 aliphatic rings. The van der Waals surface area contributed by atoms with E-state index < -0.39 is 0 Å². The van der Waals surface area contributed by atoms with Crippen molar-refractivity contribution in [2.45, 2.75) is 13.1 Å². The Morgan fingerprint density at radius 2 is 1.97 bits per heavy atom. The van der Waals surface area contributed by atoms with Gasteiger partial charge in [0.2, 0.25) is 18.5 Å². The zero-order chi connectivity index (χ0) is 19.6. The van der Waals surface area contributed by atoms with Gasteiger partial charge in [-0.25, -0.2) is 4.68 Å². The Labute approximate surface area is 167 Å². The van der Waals surface area contributed by atoms with Crippen molar-refractivity contribution >= 4 is 0 Å². The van der Waals surface area contributed by atoms with E-state index in [-0.39, 0.29) is 6.79 Å². The standard InChI is InChI=1S/C21H19N5O3/c1-25(12-15-4-2-5-17(10-15)26-9-3-8-22-26)13-20-23-21(24-29-20)16-6-7-18-19(11-16)28-14-27-18/h2-11H,12-14H2,1H3. The number of benzene rings is 2. The molecule has 3 heterocycles. The smallest absolute Gasteiger partial charge is 0.241 e. The number of fused-ring (bicyclic) bond motifs is 1. The molecular weight excluding hydrogens is 370 g/mol. The van der Waals surface area contributed by atoms with Gasteiger partial charge in [0, 0.05) is 24.5 Å². The molecule has 0 saturated heterocycles.